The molecule has 1 aromatic rings. The van der Waals surface area contributed by atoms with E-state index in [1.54, 1.807) is 0 Å². The molecular formula is C7H8FNO3. The number of rotatable bonds is 2. The summed E-state index contributed by atoms with van der Waals surface area (Å²) in [5, 5.41) is 8.41. The first-order chi connectivity index (χ1) is 5.41. The SMILES string of the molecule is CC(C)(F)c1ncc(C(=O)O)o1. The maximum atomic E-state index is 13.0. The molecule has 0 radical (unpaired) electrons. The van der Waals surface area contributed by atoms with Crippen LogP contribution in [-0.2, 0) is 5.67 Å². The maximum absolute atomic E-state index is 13.0. The van der Waals surface area contributed by atoms with Gasteiger partial charge in [-0.1, -0.05) is 0 Å². The Labute approximate surface area is 68.0 Å². The topological polar surface area (TPSA) is 63.3 Å². The minimum atomic E-state index is -1.74. The van der Waals surface area contributed by atoms with E-state index in [2.05, 4.69) is 9.40 Å². The highest BCUT2D eigenvalue weighted by Crippen LogP contribution is 2.23. The van der Waals surface area contributed by atoms with Crippen molar-refractivity contribution in [3.63, 3.8) is 0 Å². The number of hydrogen-bond acceptors (Lipinski definition) is 3. The number of aromatic nitrogens is 1. The third-order valence-electron chi connectivity index (χ3n) is 1.23. The number of carboxylic acids is 1. The molecule has 1 aromatic heterocycles. The maximum Gasteiger partial charge on any atom is 0.373 e. The second-order valence-corrected chi connectivity index (χ2v) is 2.81. The molecule has 66 valence electrons. The summed E-state index contributed by atoms with van der Waals surface area (Å²) in [6.45, 7) is 2.48. The molecule has 0 amide bonds. The van der Waals surface area contributed by atoms with Gasteiger partial charge < -0.3 is 9.52 Å². The number of hydrogen-bond donors (Lipinski definition) is 1. The Balaban J connectivity index is 3.00. The summed E-state index contributed by atoms with van der Waals surface area (Å²) >= 11 is 0. The molecule has 1 N–H and O–H groups in total. The van der Waals surface area contributed by atoms with Crippen molar-refractivity contribution in [1.82, 2.24) is 4.98 Å². The van der Waals surface area contributed by atoms with E-state index >= 15 is 0 Å². The first kappa shape index (κ1) is 8.70. The van der Waals surface area contributed by atoms with Crippen LogP contribution in [-0.4, -0.2) is 16.1 Å². The van der Waals surface area contributed by atoms with Crippen molar-refractivity contribution in [2.75, 3.05) is 0 Å². The lowest BCUT2D eigenvalue weighted by Crippen LogP contribution is -2.09. The number of carbonyl (C=O) groups is 1. The van der Waals surface area contributed by atoms with Crippen LogP contribution in [0.5, 0.6) is 0 Å². The molecule has 0 atom stereocenters. The lowest BCUT2D eigenvalue weighted by atomic mass is 10.2. The zero-order valence-corrected chi connectivity index (χ0v) is 6.67. The van der Waals surface area contributed by atoms with Gasteiger partial charge in [-0.25, -0.2) is 14.2 Å². The Morgan fingerprint density at radius 1 is 1.75 bits per heavy atom. The van der Waals surface area contributed by atoms with E-state index in [1.807, 2.05) is 0 Å². The predicted molar refractivity (Wildman–Crippen MR) is 37.6 cm³/mol. The van der Waals surface area contributed by atoms with E-state index in [9.17, 15) is 9.18 Å². The van der Waals surface area contributed by atoms with Crippen molar-refractivity contribution in [1.29, 1.82) is 0 Å². The monoisotopic (exact) mass is 173 g/mol. The molecule has 0 aliphatic heterocycles. The zero-order valence-electron chi connectivity index (χ0n) is 6.67. The average Bonchev–Trinajstić information content (AvgIpc) is 2.30. The van der Waals surface area contributed by atoms with Gasteiger partial charge in [0.1, 0.15) is 0 Å². The number of halogens is 1. The van der Waals surface area contributed by atoms with Crippen LogP contribution in [0.2, 0.25) is 0 Å². The lowest BCUT2D eigenvalue weighted by molar-refractivity contribution is 0.0651. The minimum Gasteiger partial charge on any atom is -0.475 e. The van der Waals surface area contributed by atoms with E-state index in [-0.39, 0.29) is 11.7 Å². The fourth-order valence-electron chi connectivity index (χ4n) is 0.648. The molecule has 1 heterocycles. The lowest BCUT2D eigenvalue weighted by Gasteiger charge is -2.06. The third-order valence-corrected chi connectivity index (χ3v) is 1.23. The van der Waals surface area contributed by atoms with E-state index < -0.39 is 11.6 Å². The Bertz CT molecular complexity index is 300. The molecule has 0 bridgehead atoms. The van der Waals surface area contributed by atoms with Crippen LogP contribution in [0.15, 0.2) is 10.6 Å². The molecule has 0 unspecified atom stereocenters. The highest BCUT2D eigenvalue weighted by molar-refractivity contribution is 5.83. The predicted octanol–water partition coefficient (Wildman–Crippen LogP) is 1.58. The summed E-state index contributed by atoms with van der Waals surface area (Å²) in [4.78, 5) is 13.8. The molecule has 0 saturated carbocycles. The van der Waals surface area contributed by atoms with Crippen LogP contribution in [0.4, 0.5) is 4.39 Å². The fourth-order valence-corrected chi connectivity index (χ4v) is 0.648. The number of nitrogens with zero attached hydrogens (tertiary/aromatic N) is 1. The van der Waals surface area contributed by atoms with Gasteiger partial charge in [-0.2, -0.15) is 0 Å². The van der Waals surface area contributed by atoms with Gasteiger partial charge in [0.25, 0.3) is 0 Å². The van der Waals surface area contributed by atoms with Crippen molar-refractivity contribution < 1.29 is 18.7 Å². The van der Waals surface area contributed by atoms with Gasteiger partial charge in [-0.05, 0) is 13.8 Å². The summed E-state index contributed by atoms with van der Waals surface area (Å²) in [5.74, 6) is -1.83. The first-order valence-corrected chi connectivity index (χ1v) is 3.30. The number of alkyl halides is 1. The van der Waals surface area contributed by atoms with Crippen molar-refractivity contribution >= 4 is 5.97 Å². The molecule has 0 aliphatic rings. The quantitative estimate of drug-likeness (QED) is 0.737. The fraction of sp³-hybridized carbons (Fsp3) is 0.429. The van der Waals surface area contributed by atoms with Crippen LogP contribution in [0.1, 0.15) is 30.3 Å². The second-order valence-electron chi connectivity index (χ2n) is 2.81. The summed E-state index contributed by atoms with van der Waals surface area (Å²) in [7, 11) is 0. The van der Waals surface area contributed by atoms with E-state index in [0.29, 0.717) is 0 Å². The van der Waals surface area contributed by atoms with Gasteiger partial charge in [-0.3, -0.25) is 0 Å². The Kier molecular flexibility index (Phi) is 1.87. The summed E-state index contributed by atoms with van der Waals surface area (Å²) in [6, 6.07) is 0. The summed E-state index contributed by atoms with van der Waals surface area (Å²) < 4.78 is 17.7. The highest BCUT2D eigenvalue weighted by atomic mass is 19.1. The largest absolute Gasteiger partial charge is 0.475 e. The molecular weight excluding hydrogens is 165 g/mol. The molecule has 4 nitrogen and oxygen atoms in total. The molecule has 12 heavy (non-hydrogen) atoms. The number of carboxylic acid groups (broad SMARTS) is 1. The van der Waals surface area contributed by atoms with Crippen molar-refractivity contribution in [2.24, 2.45) is 0 Å². The van der Waals surface area contributed by atoms with Gasteiger partial charge in [0.05, 0.1) is 6.20 Å². The van der Waals surface area contributed by atoms with E-state index in [0.717, 1.165) is 6.20 Å². The Morgan fingerprint density at radius 3 is 2.58 bits per heavy atom. The van der Waals surface area contributed by atoms with Gasteiger partial charge in [0, 0.05) is 0 Å². The van der Waals surface area contributed by atoms with Gasteiger partial charge in [-0.15, -0.1) is 0 Å². The van der Waals surface area contributed by atoms with Gasteiger partial charge in [0.15, 0.2) is 5.67 Å². The molecule has 5 heteroatoms. The summed E-state index contributed by atoms with van der Waals surface area (Å²) in [5.41, 5.74) is -1.74. The second kappa shape index (κ2) is 2.58. The number of aromatic carboxylic acids is 1. The van der Waals surface area contributed by atoms with Crippen LogP contribution < -0.4 is 0 Å². The van der Waals surface area contributed by atoms with Crippen LogP contribution >= 0.6 is 0 Å². The zero-order chi connectivity index (χ0) is 9.35. The van der Waals surface area contributed by atoms with E-state index in [4.69, 9.17) is 5.11 Å². The Hall–Kier alpha value is -1.39. The molecule has 0 aromatic carbocycles. The molecule has 1 rings (SSSR count). The normalized spacial score (nSPS) is 11.6. The Morgan fingerprint density at radius 2 is 2.33 bits per heavy atom. The molecule has 0 fully saturated rings. The van der Waals surface area contributed by atoms with Gasteiger partial charge >= 0.3 is 5.97 Å². The van der Waals surface area contributed by atoms with Crippen molar-refractivity contribution in [2.45, 2.75) is 19.5 Å². The van der Waals surface area contributed by atoms with Crippen molar-refractivity contribution in [3.8, 4) is 0 Å². The summed E-state index contributed by atoms with van der Waals surface area (Å²) in [6.07, 6.45) is 0.985. The van der Waals surface area contributed by atoms with Crippen molar-refractivity contribution in [3.05, 3.63) is 17.8 Å². The third kappa shape index (κ3) is 1.61. The van der Waals surface area contributed by atoms with E-state index in [1.165, 1.54) is 13.8 Å². The van der Waals surface area contributed by atoms with Crippen LogP contribution in [0.25, 0.3) is 0 Å². The van der Waals surface area contributed by atoms with Crippen LogP contribution in [0.3, 0.4) is 0 Å². The minimum absolute atomic E-state index is 0.222. The smallest absolute Gasteiger partial charge is 0.373 e. The molecule has 0 spiro atoms. The standard InChI is InChI=1S/C7H8FNO3/c1-7(2,8)6-9-3-4(12-6)5(10)11/h3H,1-2H3,(H,10,11). The van der Waals surface area contributed by atoms with Crippen LogP contribution in [0, 0.1) is 0 Å². The molecule has 0 aliphatic carbocycles. The van der Waals surface area contributed by atoms with Gasteiger partial charge in [0.2, 0.25) is 11.7 Å². The number of oxazole rings is 1. The first-order valence-electron chi connectivity index (χ1n) is 3.30. The molecule has 0 saturated heterocycles. The average molecular weight is 173 g/mol. The highest BCUT2D eigenvalue weighted by Gasteiger charge is 2.26.